The number of hydrogen-bond acceptors (Lipinski definition) is 1. The second-order valence-electron chi connectivity index (χ2n) is 1.71. The molecule has 0 saturated heterocycles. The van der Waals surface area contributed by atoms with Gasteiger partial charge in [0.25, 0.3) is 0 Å². The highest BCUT2D eigenvalue weighted by Crippen LogP contribution is 2.04. The summed E-state index contributed by atoms with van der Waals surface area (Å²) < 4.78 is 0. The third-order valence-electron chi connectivity index (χ3n) is 1.05. The van der Waals surface area contributed by atoms with Crippen LogP contribution in [0.4, 0.5) is 0 Å². The first-order valence-electron chi connectivity index (χ1n) is 4.51. The van der Waals surface area contributed by atoms with E-state index in [1.165, 1.54) is 0 Å². The fourth-order valence-electron chi connectivity index (χ4n) is 0.621. The van der Waals surface area contributed by atoms with Crippen LogP contribution >= 0.6 is 0 Å². The summed E-state index contributed by atoms with van der Waals surface area (Å²) in [5.74, 6) is 0. The van der Waals surface area contributed by atoms with Crippen molar-refractivity contribution in [1.29, 1.82) is 0 Å². The van der Waals surface area contributed by atoms with Crippen LogP contribution < -0.4 is 5.73 Å². The molecule has 11 heavy (non-hydrogen) atoms. The smallest absolute Gasteiger partial charge is 0.00834 e. The van der Waals surface area contributed by atoms with E-state index in [0.29, 0.717) is 0 Å². The van der Waals surface area contributed by atoms with Crippen LogP contribution in [0, 0.1) is 0 Å². The molecule has 0 radical (unpaired) electrons. The van der Waals surface area contributed by atoms with Gasteiger partial charge >= 0.3 is 0 Å². The minimum atomic E-state index is 1.00. The summed E-state index contributed by atoms with van der Waals surface area (Å²) in [5, 5.41) is 0. The Labute approximate surface area is 71.0 Å². The van der Waals surface area contributed by atoms with Crippen LogP contribution in [0.15, 0.2) is 23.9 Å². The maximum absolute atomic E-state index is 5.44. The average molecular weight is 155 g/mol. The lowest BCUT2D eigenvalue weighted by molar-refractivity contribution is 0.944. The number of allylic oxidation sites excluding steroid dienone is 4. The van der Waals surface area contributed by atoms with Gasteiger partial charge in [-0.2, -0.15) is 0 Å². The normalized spacial score (nSPS) is 13.3. The SMILES string of the molecule is CC.CC.NC1=CC=CCC1. The average Bonchev–Trinajstić information content (AvgIpc) is 2.13. The minimum Gasteiger partial charge on any atom is -0.402 e. The Kier molecular flexibility index (Phi) is 14.1. The van der Waals surface area contributed by atoms with Gasteiger partial charge < -0.3 is 5.73 Å². The molecule has 0 spiro atoms. The molecule has 0 fully saturated rings. The highest BCUT2D eigenvalue weighted by Gasteiger charge is 1.89. The monoisotopic (exact) mass is 155 g/mol. The zero-order chi connectivity index (χ0) is 9.11. The lowest BCUT2D eigenvalue weighted by Gasteiger charge is -1.99. The summed E-state index contributed by atoms with van der Waals surface area (Å²) in [7, 11) is 0. The molecular weight excluding hydrogens is 134 g/mol. The highest BCUT2D eigenvalue weighted by molar-refractivity contribution is 5.14. The molecule has 0 bridgehead atoms. The van der Waals surface area contributed by atoms with Gasteiger partial charge in [-0.05, 0) is 18.9 Å². The fourth-order valence-corrected chi connectivity index (χ4v) is 0.621. The van der Waals surface area contributed by atoms with Gasteiger partial charge in [0, 0.05) is 5.70 Å². The molecule has 66 valence electrons. The van der Waals surface area contributed by atoms with Crippen LogP contribution in [0.3, 0.4) is 0 Å². The van der Waals surface area contributed by atoms with Crippen molar-refractivity contribution in [3.63, 3.8) is 0 Å². The van der Waals surface area contributed by atoms with Crippen molar-refractivity contribution in [1.82, 2.24) is 0 Å². The van der Waals surface area contributed by atoms with Gasteiger partial charge in [-0.25, -0.2) is 0 Å². The van der Waals surface area contributed by atoms with Crippen molar-refractivity contribution >= 4 is 0 Å². The van der Waals surface area contributed by atoms with Gasteiger partial charge in [0.2, 0.25) is 0 Å². The molecule has 0 aromatic carbocycles. The molecule has 2 N–H and O–H groups in total. The molecule has 0 amide bonds. The summed E-state index contributed by atoms with van der Waals surface area (Å²) in [6.07, 6.45) is 8.22. The van der Waals surface area contributed by atoms with E-state index in [4.69, 9.17) is 5.73 Å². The predicted octanol–water partition coefficient (Wildman–Crippen LogP) is 3.23. The first kappa shape index (κ1) is 12.9. The first-order chi connectivity index (χ1) is 5.39. The van der Waals surface area contributed by atoms with Gasteiger partial charge in [-0.3, -0.25) is 0 Å². The lowest BCUT2D eigenvalue weighted by Crippen LogP contribution is -1.97. The van der Waals surface area contributed by atoms with E-state index in [0.717, 1.165) is 18.5 Å². The van der Waals surface area contributed by atoms with E-state index in [1.54, 1.807) is 0 Å². The third-order valence-corrected chi connectivity index (χ3v) is 1.05. The molecule has 0 aromatic heterocycles. The molecule has 1 rings (SSSR count). The lowest BCUT2D eigenvalue weighted by atomic mass is 10.1. The van der Waals surface area contributed by atoms with E-state index >= 15 is 0 Å². The molecule has 1 nitrogen and oxygen atoms in total. The first-order valence-corrected chi connectivity index (χ1v) is 4.51. The summed E-state index contributed by atoms with van der Waals surface area (Å²) in [6.45, 7) is 8.00. The van der Waals surface area contributed by atoms with Crippen LogP contribution in [0.1, 0.15) is 40.5 Å². The van der Waals surface area contributed by atoms with Gasteiger partial charge in [0.1, 0.15) is 0 Å². The maximum Gasteiger partial charge on any atom is 0.00834 e. The van der Waals surface area contributed by atoms with Crippen LogP contribution in [0.25, 0.3) is 0 Å². The summed E-state index contributed by atoms with van der Waals surface area (Å²) in [4.78, 5) is 0. The fraction of sp³-hybridized carbons (Fsp3) is 0.600. The number of hydrogen-bond donors (Lipinski definition) is 1. The Bertz CT molecular complexity index is 112. The van der Waals surface area contributed by atoms with Crippen molar-refractivity contribution in [2.75, 3.05) is 0 Å². The predicted molar refractivity (Wildman–Crippen MR) is 53.3 cm³/mol. The van der Waals surface area contributed by atoms with Gasteiger partial charge in [0.15, 0.2) is 0 Å². The number of nitrogens with two attached hydrogens (primary N) is 1. The van der Waals surface area contributed by atoms with Crippen molar-refractivity contribution < 1.29 is 0 Å². The van der Waals surface area contributed by atoms with Gasteiger partial charge in [-0.1, -0.05) is 39.8 Å². The summed E-state index contributed by atoms with van der Waals surface area (Å²) >= 11 is 0. The molecule has 0 heterocycles. The van der Waals surface area contributed by atoms with E-state index in [1.807, 2.05) is 39.8 Å². The number of rotatable bonds is 0. The largest absolute Gasteiger partial charge is 0.402 e. The molecule has 0 unspecified atom stereocenters. The zero-order valence-electron chi connectivity index (χ0n) is 8.22. The molecule has 1 heteroatoms. The van der Waals surface area contributed by atoms with Crippen LogP contribution in [0.2, 0.25) is 0 Å². The second-order valence-corrected chi connectivity index (χ2v) is 1.71. The zero-order valence-corrected chi connectivity index (χ0v) is 8.22. The Morgan fingerprint density at radius 3 is 1.91 bits per heavy atom. The second kappa shape index (κ2) is 12.0. The molecule has 0 aromatic rings. The topological polar surface area (TPSA) is 26.0 Å². The van der Waals surface area contributed by atoms with Crippen molar-refractivity contribution in [2.24, 2.45) is 5.73 Å². The quantitative estimate of drug-likeness (QED) is 0.571. The molecule has 1 aliphatic rings. The Balaban J connectivity index is 0. The Morgan fingerprint density at radius 1 is 1.18 bits per heavy atom. The molecule has 0 atom stereocenters. The van der Waals surface area contributed by atoms with Crippen molar-refractivity contribution in [3.8, 4) is 0 Å². The molecule has 0 saturated carbocycles. The molecule has 0 aliphatic heterocycles. The standard InChI is InChI=1S/C6H9N.2C2H6/c7-6-4-2-1-3-5-6;2*1-2/h1-2,4H,3,5,7H2;2*1-2H3. The van der Waals surface area contributed by atoms with E-state index in [-0.39, 0.29) is 0 Å². The molecule has 1 aliphatic carbocycles. The highest BCUT2D eigenvalue weighted by atomic mass is 14.6. The van der Waals surface area contributed by atoms with Crippen molar-refractivity contribution in [2.45, 2.75) is 40.5 Å². The van der Waals surface area contributed by atoms with Gasteiger partial charge in [0.05, 0.1) is 0 Å². The van der Waals surface area contributed by atoms with E-state index in [9.17, 15) is 0 Å². The maximum atomic E-state index is 5.44. The Morgan fingerprint density at radius 2 is 1.73 bits per heavy atom. The minimum absolute atomic E-state index is 1.00. The van der Waals surface area contributed by atoms with Crippen LogP contribution in [-0.2, 0) is 0 Å². The Hall–Kier alpha value is -0.720. The summed E-state index contributed by atoms with van der Waals surface area (Å²) in [5.41, 5.74) is 6.45. The van der Waals surface area contributed by atoms with Crippen molar-refractivity contribution in [3.05, 3.63) is 23.9 Å². The summed E-state index contributed by atoms with van der Waals surface area (Å²) in [6, 6.07) is 0. The van der Waals surface area contributed by atoms with Gasteiger partial charge in [-0.15, -0.1) is 0 Å². The third kappa shape index (κ3) is 9.28. The van der Waals surface area contributed by atoms with E-state index in [2.05, 4.69) is 6.08 Å². The van der Waals surface area contributed by atoms with Crippen LogP contribution in [0.5, 0.6) is 0 Å². The van der Waals surface area contributed by atoms with E-state index < -0.39 is 0 Å². The molecular formula is C10H21N. The van der Waals surface area contributed by atoms with Crippen LogP contribution in [-0.4, -0.2) is 0 Å².